The maximum absolute atomic E-state index is 13.0. The van der Waals surface area contributed by atoms with Crippen LogP contribution in [0.25, 0.3) is 0 Å². The van der Waals surface area contributed by atoms with E-state index in [0.717, 1.165) is 11.0 Å². The lowest BCUT2D eigenvalue weighted by Crippen LogP contribution is -3.19. The molecule has 0 bridgehead atoms. The first-order valence-corrected chi connectivity index (χ1v) is 9.78. The first kappa shape index (κ1) is 20.3. The minimum absolute atomic E-state index is 0.114. The Labute approximate surface area is 172 Å². The van der Waals surface area contributed by atoms with Gasteiger partial charge in [0.25, 0.3) is 5.91 Å². The van der Waals surface area contributed by atoms with E-state index in [0.29, 0.717) is 49.1 Å². The highest BCUT2D eigenvalue weighted by Crippen LogP contribution is 2.34. The standard InChI is InChI=1S/C21H22F3N3O3/c1-14(20(28)25-16-5-6-18-19(12-16)30-13-29-18)26-7-9-27(10-8-26)17-4-2-3-15(11-17)21(22,23)24/h2-6,11-12,14H,7-10,13H2,1H3,(H,25,28)/p+1/t14-/m0/s1. The zero-order valence-electron chi connectivity index (χ0n) is 16.5. The third-order valence-electron chi connectivity index (χ3n) is 5.59. The molecule has 1 amide bonds. The number of carbonyl (C=O) groups excluding carboxylic acids is 1. The molecule has 2 N–H and O–H groups in total. The number of hydrogen-bond acceptors (Lipinski definition) is 4. The van der Waals surface area contributed by atoms with E-state index in [9.17, 15) is 18.0 Å². The summed E-state index contributed by atoms with van der Waals surface area (Å²) in [5, 5.41) is 2.90. The Morgan fingerprint density at radius 2 is 1.83 bits per heavy atom. The monoisotopic (exact) mass is 422 g/mol. The third kappa shape index (κ3) is 4.30. The molecule has 160 valence electrons. The Morgan fingerprint density at radius 1 is 1.10 bits per heavy atom. The minimum Gasteiger partial charge on any atom is -0.454 e. The van der Waals surface area contributed by atoms with Crippen molar-refractivity contribution in [2.75, 3.05) is 43.2 Å². The molecule has 1 saturated heterocycles. The number of piperazine rings is 1. The van der Waals surface area contributed by atoms with Gasteiger partial charge in [0.15, 0.2) is 17.5 Å². The van der Waals surface area contributed by atoms with E-state index in [1.54, 1.807) is 24.3 Å². The molecule has 2 heterocycles. The van der Waals surface area contributed by atoms with Gasteiger partial charge in [0.05, 0.1) is 31.7 Å². The number of carbonyl (C=O) groups is 1. The number of halogens is 3. The number of ether oxygens (including phenoxy) is 2. The van der Waals surface area contributed by atoms with Crippen LogP contribution in [0.15, 0.2) is 42.5 Å². The normalized spacial score (nSPS) is 17.7. The molecule has 2 aliphatic heterocycles. The number of fused-ring (bicyclic) bond motifs is 1. The van der Waals surface area contributed by atoms with E-state index < -0.39 is 11.7 Å². The van der Waals surface area contributed by atoms with Gasteiger partial charge in [-0.15, -0.1) is 0 Å². The lowest BCUT2D eigenvalue weighted by Gasteiger charge is -2.36. The number of anilines is 2. The topological polar surface area (TPSA) is 55.2 Å². The van der Waals surface area contributed by atoms with Crippen molar-refractivity contribution in [3.63, 3.8) is 0 Å². The van der Waals surface area contributed by atoms with Crippen LogP contribution < -0.4 is 24.6 Å². The lowest BCUT2D eigenvalue weighted by atomic mass is 10.1. The predicted octanol–water partition coefficient (Wildman–Crippen LogP) is 2.17. The fraction of sp³-hybridized carbons (Fsp3) is 0.381. The fourth-order valence-electron chi connectivity index (χ4n) is 3.77. The zero-order chi connectivity index (χ0) is 21.3. The zero-order valence-corrected chi connectivity index (χ0v) is 16.5. The molecule has 2 aliphatic rings. The smallest absolute Gasteiger partial charge is 0.416 e. The van der Waals surface area contributed by atoms with Crippen LogP contribution in [-0.2, 0) is 11.0 Å². The van der Waals surface area contributed by atoms with Gasteiger partial charge in [0.1, 0.15) is 0 Å². The van der Waals surface area contributed by atoms with Gasteiger partial charge >= 0.3 is 6.18 Å². The quantitative estimate of drug-likeness (QED) is 0.793. The van der Waals surface area contributed by atoms with Crippen LogP contribution in [-0.4, -0.2) is 44.9 Å². The molecule has 6 nitrogen and oxygen atoms in total. The molecule has 2 aromatic carbocycles. The Morgan fingerprint density at radius 3 is 2.57 bits per heavy atom. The van der Waals surface area contributed by atoms with Crippen molar-refractivity contribution in [1.82, 2.24) is 0 Å². The van der Waals surface area contributed by atoms with Gasteiger partial charge in [-0.25, -0.2) is 0 Å². The Hall–Kier alpha value is -2.94. The molecule has 0 spiro atoms. The Kier molecular flexibility index (Phi) is 5.46. The second kappa shape index (κ2) is 8.06. The molecule has 1 atom stereocenters. The SMILES string of the molecule is C[C@@H](C(=O)Nc1ccc2c(c1)OCO2)[NH+]1CCN(c2cccc(C(F)(F)F)c2)CC1. The van der Waals surface area contributed by atoms with E-state index in [1.165, 1.54) is 12.1 Å². The van der Waals surface area contributed by atoms with Crippen LogP contribution in [0, 0.1) is 0 Å². The Bertz CT molecular complexity index is 927. The van der Waals surface area contributed by atoms with Crippen molar-refractivity contribution in [3.8, 4) is 11.5 Å². The van der Waals surface area contributed by atoms with Gasteiger partial charge in [-0.3, -0.25) is 4.79 Å². The fourth-order valence-corrected chi connectivity index (χ4v) is 3.77. The number of hydrogen-bond donors (Lipinski definition) is 2. The maximum atomic E-state index is 13.0. The third-order valence-corrected chi connectivity index (χ3v) is 5.59. The van der Waals surface area contributed by atoms with Crippen LogP contribution in [0.2, 0.25) is 0 Å². The number of nitrogens with one attached hydrogen (secondary N) is 2. The molecule has 0 aromatic heterocycles. The number of nitrogens with zero attached hydrogens (tertiary/aromatic N) is 1. The molecule has 0 saturated carbocycles. The first-order chi connectivity index (χ1) is 14.3. The lowest BCUT2D eigenvalue weighted by molar-refractivity contribution is -0.914. The summed E-state index contributed by atoms with van der Waals surface area (Å²) in [5.74, 6) is 1.14. The van der Waals surface area contributed by atoms with Crippen LogP contribution >= 0.6 is 0 Å². The highest BCUT2D eigenvalue weighted by Gasteiger charge is 2.32. The summed E-state index contributed by atoms with van der Waals surface area (Å²) in [6.07, 6.45) is -4.36. The van der Waals surface area contributed by atoms with E-state index in [2.05, 4.69) is 5.32 Å². The number of rotatable bonds is 4. The predicted molar refractivity (Wildman–Crippen MR) is 105 cm³/mol. The number of amides is 1. The van der Waals surface area contributed by atoms with E-state index in [1.807, 2.05) is 11.8 Å². The Balaban J connectivity index is 1.34. The van der Waals surface area contributed by atoms with Gasteiger partial charge in [-0.1, -0.05) is 6.07 Å². The van der Waals surface area contributed by atoms with E-state index >= 15 is 0 Å². The number of alkyl halides is 3. The van der Waals surface area contributed by atoms with Crippen molar-refractivity contribution in [2.45, 2.75) is 19.1 Å². The van der Waals surface area contributed by atoms with Gasteiger partial charge < -0.3 is 24.6 Å². The molecule has 0 aliphatic carbocycles. The summed E-state index contributed by atoms with van der Waals surface area (Å²) in [4.78, 5) is 15.7. The average Bonchev–Trinajstić information content (AvgIpc) is 3.21. The van der Waals surface area contributed by atoms with Gasteiger partial charge in [0.2, 0.25) is 6.79 Å². The summed E-state index contributed by atoms with van der Waals surface area (Å²) < 4.78 is 49.5. The molecule has 1 fully saturated rings. The molecule has 30 heavy (non-hydrogen) atoms. The summed E-state index contributed by atoms with van der Waals surface area (Å²) in [7, 11) is 0. The largest absolute Gasteiger partial charge is 0.454 e. The summed E-state index contributed by atoms with van der Waals surface area (Å²) >= 11 is 0. The molecule has 4 rings (SSSR count). The highest BCUT2D eigenvalue weighted by atomic mass is 19.4. The van der Waals surface area contributed by atoms with Gasteiger partial charge in [-0.05, 0) is 37.3 Å². The van der Waals surface area contributed by atoms with Gasteiger partial charge in [0, 0.05) is 17.4 Å². The second-order valence-electron chi connectivity index (χ2n) is 7.47. The van der Waals surface area contributed by atoms with E-state index in [4.69, 9.17) is 9.47 Å². The second-order valence-corrected chi connectivity index (χ2v) is 7.47. The van der Waals surface area contributed by atoms with Crippen LogP contribution in [0.1, 0.15) is 12.5 Å². The first-order valence-electron chi connectivity index (χ1n) is 9.78. The number of benzene rings is 2. The molecule has 0 radical (unpaired) electrons. The minimum atomic E-state index is -4.36. The summed E-state index contributed by atoms with van der Waals surface area (Å²) in [6.45, 7) is 4.51. The molecular formula is C21H23F3N3O3+. The van der Waals surface area contributed by atoms with Crippen molar-refractivity contribution in [3.05, 3.63) is 48.0 Å². The highest BCUT2D eigenvalue weighted by molar-refractivity contribution is 5.94. The molecule has 0 unspecified atom stereocenters. The van der Waals surface area contributed by atoms with Crippen LogP contribution in [0.5, 0.6) is 11.5 Å². The molecule has 2 aromatic rings. The van der Waals surface area contributed by atoms with Crippen molar-refractivity contribution >= 4 is 17.3 Å². The molecule has 9 heteroatoms. The van der Waals surface area contributed by atoms with Crippen molar-refractivity contribution in [1.29, 1.82) is 0 Å². The summed E-state index contributed by atoms with van der Waals surface area (Å²) in [6, 6.07) is 10.3. The molecular weight excluding hydrogens is 399 g/mol. The maximum Gasteiger partial charge on any atom is 0.416 e. The summed E-state index contributed by atoms with van der Waals surface area (Å²) in [5.41, 5.74) is 0.547. The van der Waals surface area contributed by atoms with Crippen LogP contribution in [0.4, 0.5) is 24.5 Å². The van der Waals surface area contributed by atoms with Crippen LogP contribution in [0.3, 0.4) is 0 Å². The van der Waals surface area contributed by atoms with Gasteiger partial charge in [-0.2, -0.15) is 13.2 Å². The average molecular weight is 422 g/mol. The van der Waals surface area contributed by atoms with Crippen molar-refractivity contribution in [2.24, 2.45) is 0 Å². The number of quaternary nitrogens is 1. The van der Waals surface area contributed by atoms with Crippen molar-refractivity contribution < 1.29 is 32.3 Å². The van der Waals surface area contributed by atoms with E-state index in [-0.39, 0.29) is 18.7 Å².